The number of hydrogen-bond donors (Lipinski definition) is 11. The zero-order chi connectivity index (χ0) is 72.5. The van der Waals surface area contributed by atoms with Crippen LogP contribution in [0.4, 0.5) is 0 Å². The second kappa shape index (κ2) is 55.9. The highest BCUT2D eigenvalue weighted by atomic mass is 31.2. The molecule has 18 unspecified atom stereocenters. The van der Waals surface area contributed by atoms with Crippen molar-refractivity contribution in [3.8, 4) is 0 Å². The summed E-state index contributed by atoms with van der Waals surface area (Å²) in [7, 11) is -5.72. The quantitative estimate of drug-likeness (QED) is 0.00673. The maximum atomic E-state index is 14.3. The topological polar surface area (TPSA) is 374 Å². The van der Waals surface area contributed by atoms with Gasteiger partial charge in [-0.1, -0.05) is 277 Å². The van der Waals surface area contributed by atoms with Gasteiger partial charge in [0.15, 0.2) is 18.7 Å². The molecule has 1 aliphatic carbocycles. The maximum absolute atomic E-state index is 14.3. The van der Waals surface area contributed by atoms with E-state index in [0.717, 1.165) is 96.0 Å². The fourth-order valence-corrected chi connectivity index (χ4v) is 13.7. The van der Waals surface area contributed by atoms with Crippen molar-refractivity contribution in [2.45, 2.75) is 401 Å². The minimum atomic E-state index is -5.72. The Morgan fingerprint density at radius 3 is 1.17 bits per heavy atom. The van der Waals surface area contributed by atoms with Gasteiger partial charge in [0.2, 0.25) is 0 Å². The molecule has 0 aromatic carbocycles. The van der Waals surface area contributed by atoms with E-state index in [1.54, 1.807) is 6.08 Å². The number of allylic oxidation sites excluding steroid dienone is 3. The normalized spacial score (nSPS) is 27.6. The first kappa shape index (κ1) is 90.7. The van der Waals surface area contributed by atoms with Gasteiger partial charge in [-0.05, 0) is 25.7 Å². The summed E-state index contributed by atoms with van der Waals surface area (Å²) in [6, 6.07) is 0. The fourth-order valence-electron chi connectivity index (χ4n) is 12.8. The standard InChI is InChI=1S/C74H135O24P/c1-4-7-10-13-16-19-22-25-27-29-31-34-37-40-43-46-49-59(77)91-54-57-62(80)64(82)69(87)74(95-57)97-71-67(85)65(83)66(84)70(96-73-68(86)63(81)61(79)56(51-75)94-73)72(71)98-99(88,89)92-53-55(52-90-58(76)48-45-42-39-36-33-30-24-21-18-15-12-9-6-3)93-60(78)50-47-44-41-38-35-32-28-26-23-20-17-14-11-8-5-2/h41,44,47,50,55-57,61-75,79-87H,4-40,42-43,45-46,48-49,51-54H2,1-3H3,(H,88,89)/b44-41+,50-47+. The summed E-state index contributed by atoms with van der Waals surface area (Å²) in [5.41, 5.74) is 0. The molecule has 3 fully saturated rings. The Morgan fingerprint density at radius 2 is 0.768 bits per heavy atom. The van der Waals surface area contributed by atoms with E-state index in [0.29, 0.717) is 12.8 Å². The molecule has 0 aromatic rings. The van der Waals surface area contributed by atoms with E-state index in [2.05, 4.69) is 20.8 Å². The molecular weight excluding hydrogens is 1300 g/mol. The minimum Gasteiger partial charge on any atom is -0.463 e. The minimum absolute atomic E-state index is 0.0288. The fraction of sp³-hybridized carbons (Fsp3) is 0.905. The first-order chi connectivity index (χ1) is 47.8. The third-order valence-corrected chi connectivity index (χ3v) is 20.1. The number of aliphatic hydroxyl groups excluding tert-OH is 10. The van der Waals surface area contributed by atoms with Crippen LogP contribution in [0.1, 0.15) is 297 Å². The number of ether oxygens (including phenoxy) is 7. The highest BCUT2D eigenvalue weighted by Crippen LogP contribution is 2.49. The average Bonchev–Trinajstić information content (AvgIpc) is 0.764. The first-order valence-corrected chi connectivity index (χ1v) is 40.2. The van der Waals surface area contributed by atoms with Crippen LogP contribution in [0.25, 0.3) is 0 Å². The lowest BCUT2D eigenvalue weighted by atomic mass is 9.84. The summed E-state index contributed by atoms with van der Waals surface area (Å²) >= 11 is 0. The molecule has 2 saturated heterocycles. The summed E-state index contributed by atoms with van der Waals surface area (Å²) in [6.45, 7) is 3.36. The van der Waals surface area contributed by atoms with Crippen LogP contribution in [-0.4, -0.2) is 204 Å². The molecule has 3 aliphatic rings. The van der Waals surface area contributed by atoms with E-state index < -0.39 is 156 Å². The average molecular weight is 1440 g/mol. The SMILES string of the molecule is CCCCCCCCCCCCC/C=C/C=C/C(=O)OC(COC(=O)CCCCCCCCCCCCCCC)COP(=O)(O)OC1C(OC2OC(CO)C(O)C(O)C2O)C(O)C(O)C(O)C1OC1OC(COC(=O)CCCCCCCCCCCCCCCCCC)C(O)C(O)C1O. The van der Waals surface area contributed by atoms with Crippen molar-refractivity contribution in [3.05, 3.63) is 24.3 Å². The van der Waals surface area contributed by atoms with Gasteiger partial charge in [-0.2, -0.15) is 0 Å². The Kier molecular flexibility index (Phi) is 51.2. The molecule has 18 atom stereocenters. The summed E-state index contributed by atoms with van der Waals surface area (Å²) in [5.74, 6) is -2.24. The second-order valence-electron chi connectivity index (χ2n) is 27.8. The Morgan fingerprint density at radius 1 is 0.414 bits per heavy atom. The monoisotopic (exact) mass is 1440 g/mol. The highest BCUT2D eigenvalue weighted by Gasteiger charge is 2.58. The molecule has 0 bridgehead atoms. The van der Waals surface area contributed by atoms with E-state index in [1.165, 1.54) is 167 Å². The number of rotatable bonds is 60. The van der Waals surface area contributed by atoms with E-state index in [4.69, 9.17) is 42.2 Å². The maximum Gasteiger partial charge on any atom is 0.472 e. The predicted molar refractivity (Wildman–Crippen MR) is 374 cm³/mol. The van der Waals surface area contributed by atoms with Crippen LogP contribution in [0.5, 0.6) is 0 Å². The van der Waals surface area contributed by atoms with Gasteiger partial charge in [-0.15, -0.1) is 0 Å². The summed E-state index contributed by atoms with van der Waals surface area (Å²) < 4.78 is 64.8. The largest absolute Gasteiger partial charge is 0.472 e. The van der Waals surface area contributed by atoms with Gasteiger partial charge in [-0.25, -0.2) is 9.36 Å². The number of carbonyl (C=O) groups is 3. The van der Waals surface area contributed by atoms with Crippen molar-refractivity contribution in [2.24, 2.45) is 0 Å². The summed E-state index contributed by atoms with van der Waals surface area (Å²) in [4.78, 5) is 50.9. The Balaban J connectivity index is 1.74. The Hall–Kier alpha value is -2.56. The van der Waals surface area contributed by atoms with Gasteiger partial charge >= 0.3 is 25.7 Å². The number of hydrogen-bond acceptors (Lipinski definition) is 23. The predicted octanol–water partition coefficient (Wildman–Crippen LogP) is 10.9. The van der Waals surface area contributed by atoms with Crippen LogP contribution in [0.3, 0.4) is 0 Å². The Labute approximate surface area is 592 Å². The number of carbonyl (C=O) groups excluding carboxylic acids is 3. The molecule has 0 aromatic heterocycles. The molecule has 99 heavy (non-hydrogen) atoms. The molecule has 2 heterocycles. The second-order valence-corrected chi connectivity index (χ2v) is 29.2. The lowest BCUT2D eigenvalue weighted by Crippen LogP contribution is -2.69. The molecular formula is C74H135O24P. The molecule has 0 spiro atoms. The number of phosphoric ester groups is 1. The number of aliphatic hydroxyl groups is 10. The zero-order valence-corrected chi connectivity index (χ0v) is 61.4. The van der Waals surface area contributed by atoms with Crippen molar-refractivity contribution in [1.29, 1.82) is 0 Å². The molecule has 580 valence electrons. The van der Waals surface area contributed by atoms with Gasteiger partial charge in [0, 0.05) is 18.9 Å². The van der Waals surface area contributed by atoms with Crippen LogP contribution in [0.2, 0.25) is 0 Å². The smallest absolute Gasteiger partial charge is 0.463 e. The number of phosphoric acid groups is 1. The van der Waals surface area contributed by atoms with Crippen molar-refractivity contribution in [2.75, 3.05) is 26.4 Å². The first-order valence-electron chi connectivity index (χ1n) is 38.7. The zero-order valence-electron chi connectivity index (χ0n) is 60.5. The molecule has 25 heteroatoms. The molecule has 2 aliphatic heterocycles. The van der Waals surface area contributed by atoms with Gasteiger partial charge in [0.25, 0.3) is 0 Å². The highest BCUT2D eigenvalue weighted by molar-refractivity contribution is 7.47. The summed E-state index contributed by atoms with van der Waals surface area (Å²) in [6.07, 6.45) is 17.3. The van der Waals surface area contributed by atoms with Gasteiger partial charge in [0.1, 0.15) is 98.7 Å². The molecule has 11 N–H and O–H groups in total. The van der Waals surface area contributed by atoms with Gasteiger partial charge < -0.3 is 89.1 Å². The molecule has 0 amide bonds. The van der Waals surface area contributed by atoms with Gasteiger partial charge in [0.05, 0.1) is 13.2 Å². The van der Waals surface area contributed by atoms with Gasteiger partial charge in [-0.3, -0.25) is 18.6 Å². The molecule has 0 radical (unpaired) electrons. The van der Waals surface area contributed by atoms with Crippen LogP contribution < -0.4 is 0 Å². The van der Waals surface area contributed by atoms with E-state index in [-0.39, 0.29) is 12.8 Å². The molecule has 24 nitrogen and oxygen atoms in total. The van der Waals surface area contributed by atoms with E-state index in [1.807, 2.05) is 6.08 Å². The lowest BCUT2D eigenvalue weighted by Gasteiger charge is -2.49. The number of esters is 3. The van der Waals surface area contributed by atoms with Crippen molar-refractivity contribution in [1.82, 2.24) is 0 Å². The van der Waals surface area contributed by atoms with Crippen molar-refractivity contribution in [3.63, 3.8) is 0 Å². The number of unbranched alkanes of at least 4 members (excludes halogenated alkanes) is 38. The lowest BCUT2D eigenvalue weighted by molar-refractivity contribution is -0.360. The van der Waals surface area contributed by atoms with Crippen molar-refractivity contribution >= 4 is 25.7 Å². The third kappa shape index (κ3) is 38.9. The Bertz CT molecular complexity index is 2140. The van der Waals surface area contributed by atoms with Crippen molar-refractivity contribution < 1.29 is 117 Å². The van der Waals surface area contributed by atoms with Crippen LogP contribution in [0, 0.1) is 0 Å². The van der Waals surface area contributed by atoms with Crippen LogP contribution in [0.15, 0.2) is 24.3 Å². The molecule has 3 rings (SSSR count). The third-order valence-electron chi connectivity index (χ3n) is 19.1. The van der Waals surface area contributed by atoms with E-state index >= 15 is 0 Å². The van der Waals surface area contributed by atoms with Crippen LogP contribution >= 0.6 is 7.82 Å². The van der Waals surface area contributed by atoms with Crippen LogP contribution in [-0.2, 0) is 61.2 Å². The van der Waals surface area contributed by atoms with E-state index in [9.17, 15) is 74.9 Å². The molecule has 1 saturated carbocycles. The summed E-state index contributed by atoms with van der Waals surface area (Å²) in [5, 5.41) is 110.